The summed E-state index contributed by atoms with van der Waals surface area (Å²) in [6.45, 7) is 5.23. The van der Waals surface area contributed by atoms with Crippen molar-refractivity contribution in [2.75, 3.05) is 5.32 Å². The molecule has 2 amide bonds. The molecule has 5 nitrogen and oxygen atoms in total. The van der Waals surface area contributed by atoms with Gasteiger partial charge in [-0.3, -0.25) is 5.10 Å². The minimum absolute atomic E-state index is 0.128. The zero-order valence-corrected chi connectivity index (χ0v) is 15.1. The molecule has 5 heteroatoms. The Kier molecular flexibility index (Phi) is 5.69. The number of aromatic nitrogens is 2. The lowest BCUT2D eigenvalue weighted by Crippen LogP contribution is -2.34. The van der Waals surface area contributed by atoms with Gasteiger partial charge in [-0.1, -0.05) is 62.4 Å². The average molecular weight is 348 g/mol. The number of carbonyl (C=O) groups excluding carboxylic acids is 1. The van der Waals surface area contributed by atoms with Crippen molar-refractivity contribution in [3.8, 4) is 0 Å². The van der Waals surface area contributed by atoms with Crippen molar-refractivity contribution in [2.45, 2.75) is 32.9 Å². The number of amides is 2. The number of nitrogens with one attached hydrogen (secondary N) is 2. The van der Waals surface area contributed by atoms with E-state index in [1.165, 1.54) is 0 Å². The lowest BCUT2D eigenvalue weighted by atomic mass is 10.0. The van der Waals surface area contributed by atoms with Gasteiger partial charge in [-0.2, -0.15) is 5.10 Å². The van der Waals surface area contributed by atoms with Crippen LogP contribution in [-0.4, -0.2) is 21.1 Å². The second-order valence-corrected chi connectivity index (χ2v) is 6.60. The van der Waals surface area contributed by atoms with Gasteiger partial charge in [0.05, 0.1) is 12.2 Å². The number of aromatic amines is 1. The Balaban J connectivity index is 1.80. The molecule has 0 saturated carbocycles. The molecule has 0 aliphatic heterocycles. The lowest BCUT2D eigenvalue weighted by molar-refractivity contribution is 0.205. The van der Waals surface area contributed by atoms with Gasteiger partial charge in [0.25, 0.3) is 0 Å². The van der Waals surface area contributed by atoms with E-state index < -0.39 is 0 Å². The summed E-state index contributed by atoms with van der Waals surface area (Å²) in [5, 5.41) is 9.99. The zero-order valence-electron chi connectivity index (χ0n) is 15.1. The second-order valence-electron chi connectivity index (χ2n) is 6.60. The highest BCUT2D eigenvalue weighted by atomic mass is 16.2. The third-order valence-electron chi connectivity index (χ3n) is 4.25. The van der Waals surface area contributed by atoms with Crippen molar-refractivity contribution in [3.05, 3.63) is 83.7 Å². The van der Waals surface area contributed by atoms with Crippen molar-refractivity contribution >= 4 is 11.7 Å². The molecule has 0 fully saturated rings. The molecule has 1 aromatic heterocycles. The molecule has 0 aliphatic carbocycles. The minimum atomic E-state index is -0.128. The van der Waals surface area contributed by atoms with Crippen LogP contribution in [0, 0.1) is 0 Å². The first-order valence-corrected chi connectivity index (χ1v) is 8.80. The van der Waals surface area contributed by atoms with Gasteiger partial charge < -0.3 is 10.2 Å². The summed E-state index contributed by atoms with van der Waals surface area (Å²) < 4.78 is 0. The molecule has 3 aromatic rings. The van der Waals surface area contributed by atoms with Crippen LogP contribution in [0.5, 0.6) is 0 Å². The molecule has 0 unspecified atom stereocenters. The first kappa shape index (κ1) is 17.7. The number of anilines is 1. The third kappa shape index (κ3) is 4.51. The third-order valence-corrected chi connectivity index (χ3v) is 4.25. The van der Waals surface area contributed by atoms with Crippen molar-refractivity contribution in [2.24, 2.45) is 0 Å². The van der Waals surface area contributed by atoms with E-state index in [4.69, 9.17) is 0 Å². The van der Waals surface area contributed by atoms with Gasteiger partial charge in [0.2, 0.25) is 0 Å². The molecule has 2 N–H and O–H groups in total. The van der Waals surface area contributed by atoms with Gasteiger partial charge in [-0.15, -0.1) is 0 Å². The van der Waals surface area contributed by atoms with Crippen molar-refractivity contribution < 1.29 is 4.79 Å². The minimum Gasteiger partial charge on any atom is -0.314 e. The lowest BCUT2D eigenvalue weighted by Gasteiger charge is -2.24. The zero-order chi connectivity index (χ0) is 18.4. The molecule has 2 aromatic carbocycles. The Morgan fingerprint density at radius 1 is 1.04 bits per heavy atom. The summed E-state index contributed by atoms with van der Waals surface area (Å²) in [6, 6.07) is 19.7. The fraction of sp³-hybridized carbons (Fsp3) is 0.238. The van der Waals surface area contributed by atoms with E-state index in [1.54, 1.807) is 11.1 Å². The summed E-state index contributed by atoms with van der Waals surface area (Å²) >= 11 is 0. The van der Waals surface area contributed by atoms with E-state index in [0.29, 0.717) is 19.0 Å². The van der Waals surface area contributed by atoms with Crippen LogP contribution in [0.1, 0.15) is 36.6 Å². The number of hydrogen-bond donors (Lipinski definition) is 2. The van der Waals surface area contributed by atoms with Crippen LogP contribution in [0.25, 0.3) is 0 Å². The number of benzene rings is 2. The quantitative estimate of drug-likeness (QED) is 0.674. The standard InChI is InChI=1S/C21H24N4O/c1-16(2)19-10-6-7-11-20(19)23-21(26)25(15-18-12-13-22-24-18)14-17-8-4-3-5-9-17/h3-13,16H,14-15H2,1-2H3,(H,22,24)(H,23,26). The number of hydrogen-bond acceptors (Lipinski definition) is 2. The maximum Gasteiger partial charge on any atom is 0.322 e. The van der Waals surface area contributed by atoms with E-state index in [2.05, 4.69) is 35.4 Å². The predicted octanol–water partition coefficient (Wildman–Crippen LogP) is 4.77. The highest BCUT2D eigenvalue weighted by Crippen LogP contribution is 2.24. The average Bonchev–Trinajstić information content (AvgIpc) is 3.15. The van der Waals surface area contributed by atoms with Crippen LogP contribution in [0.2, 0.25) is 0 Å². The van der Waals surface area contributed by atoms with Crippen molar-refractivity contribution in [1.29, 1.82) is 0 Å². The molecule has 0 saturated heterocycles. The Hall–Kier alpha value is -3.08. The van der Waals surface area contributed by atoms with E-state index >= 15 is 0 Å². The van der Waals surface area contributed by atoms with Crippen LogP contribution < -0.4 is 5.32 Å². The normalized spacial score (nSPS) is 10.7. The summed E-state index contributed by atoms with van der Waals surface area (Å²) in [7, 11) is 0. The van der Waals surface area contributed by atoms with Crippen LogP contribution in [-0.2, 0) is 13.1 Å². The molecular formula is C21H24N4O. The van der Waals surface area contributed by atoms with Gasteiger partial charge >= 0.3 is 6.03 Å². The highest BCUT2D eigenvalue weighted by Gasteiger charge is 2.17. The first-order valence-electron chi connectivity index (χ1n) is 8.80. The predicted molar refractivity (Wildman–Crippen MR) is 104 cm³/mol. The molecular weight excluding hydrogens is 324 g/mol. The molecule has 0 aliphatic rings. The molecule has 0 spiro atoms. The van der Waals surface area contributed by atoms with Crippen molar-refractivity contribution in [1.82, 2.24) is 15.1 Å². The van der Waals surface area contributed by atoms with Gasteiger partial charge in [-0.05, 0) is 29.2 Å². The SMILES string of the molecule is CC(C)c1ccccc1NC(=O)N(Cc1ccccc1)Cc1ccn[nH]1. The van der Waals surface area contributed by atoms with Gasteiger partial charge in [0.15, 0.2) is 0 Å². The van der Waals surface area contributed by atoms with Crippen LogP contribution in [0.15, 0.2) is 66.9 Å². The molecule has 0 radical (unpaired) electrons. The first-order chi connectivity index (χ1) is 12.6. The Morgan fingerprint density at radius 3 is 2.46 bits per heavy atom. The number of para-hydroxylation sites is 1. The number of H-pyrrole nitrogens is 1. The Bertz CT molecular complexity index is 828. The van der Waals surface area contributed by atoms with Crippen LogP contribution in [0.4, 0.5) is 10.5 Å². The second kappa shape index (κ2) is 8.34. The Morgan fingerprint density at radius 2 is 1.77 bits per heavy atom. The number of rotatable bonds is 6. The molecule has 26 heavy (non-hydrogen) atoms. The number of carbonyl (C=O) groups is 1. The summed E-state index contributed by atoms with van der Waals surface area (Å²) in [6.07, 6.45) is 1.70. The molecule has 134 valence electrons. The maximum absolute atomic E-state index is 13.0. The molecule has 0 atom stereocenters. The number of nitrogens with zero attached hydrogens (tertiary/aromatic N) is 2. The fourth-order valence-electron chi connectivity index (χ4n) is 2.89. The molecule has 1 heterocycles. The maximum atomic E-state index is 13.0. The van der Waals surface area contributed by atoms with Crippen LogP contribution >= 0.6 is 0 Å². The van der Waals surface area contributed by atoms with Crippen molar-refractivity contribution in [3.63, 3.8) is 0 Å². The van der Waals surface area contributed by atoms with E-state index in [9.17, 15) is 4.79 Å². The molecule has 3 rings (SSSR count). The van der Waals surface area contributed by atoms with Gasteiger partial charge in [0, 0.05) is 18.4 Å². The summed E-state index contributed by atoms with van der Waals surface area (Å²) in [4.78, 5) is 14.8. The fourth-order valence-corrected chi connectivity index (χ4v) is 2.89. The Labute approximate surface area is 154 Å². The largest absolute Gasteiger partial charge is 0.322 e. The smallest absolute Gasteiger partial charge is 0.314 e. The number of urea groups is 1. The van der Waals surface area contributed by atoms with Gasteiger partial charge in [0.1, 0.15) is 0 Å². The van der Waals surface area contributed by atoms with Gasteiger partial charge in [-0.25, -0.2) is 4.79 Å². The topological polar surface area (TPSA) is 61.0 Å². The van der Waals surface area contributed by atoms with Crippen LogP contribution in [0.3, 0.4) is 0 Å². The molecule has 0 bridgehead atoms. The monoisotopic (exact) mass is 348 g/mol. The highest BCUT2D eigenvalue weighted by molar-refractivity contribution is 5.90. The van der Waals surface area contributed by atoms with E-state index in [-0.39, 0.29) is 6.03 Å². The summed E-state index contributed by atoms with van der Waals surface area (Å²) in [5.41, 5.74) is 3.96. The van der Waals surface area contributed by atoms with E-state index in [1.807, 2.05) is 54.6 Å². The summed E-state index contributed by atoms with van der Waals surface area (Å²) in [5.74, 6) is 0.335. The van der Waals surface area contributed by atoms with E-state index in [0.717, 1.165) is 22.5 Å².